The zero-order valence-corrected chi connectivity index (χ0v) is 15.6. The molecule has 1 aromatic rings. The molecule has 0 saturated carbocycles. The first-order valence-electron chi connectivity index (χ1n) is 9.31. The topological polar surface area (TPSA) is 87.5 Å². The maximum absolute atomic E-state index is 12.4. The summed E-state index contributed by atoms with van der Waals surface area (Å²) in [6.45, 7) is 3.35. The van der Waals surface area contributed by atoms with Gasteiger partial charge in [-0.25, -0.2) is 0 Å². The van der Waals surface area contributed by atoms with Crippen LogP contribution >= 0.6 is 0 Å². The molecule has 0 aliphatic carbocycles. The van der Waals surface area contributed by atoms with Gasteiger partial charge >= 0.3 is 0 Å². The Hall–Kier alpha value is -2.34. The lowest BCUT2D eigenvalue weighted by molar-refractivity contribution is -0.121. The quantitative estimate of drug-likeness (QED) is 0.456. The first-order chi connectivity index (χ1) is 12.6. The Labute approximate surface area is 155 Å². The van der Waals surface area contributed by atoms with Crippen molar-refractivity contribution < 1.29 is 9.59 Å². The van der Waals surface area contributed by atoms with Crippen molar-refractivity contribution in [1.29, 1.82) is 0 Å². The van der Waals surface area contributed by atoms with Crippen LogP contribution in [0, 0.1) is 0 Å². The van der Waals surface area contributed by atoms with Crippen molar-refractivity contribution in [1.82, 2.24) is 15.5 Å². The molecule has 4 N–H and O–H groups in total. The van der Waals surface area contributed by atoms with Crippen LogP contribution in [0.3, 0.4) is 0 Å². The third kappa shape index (κ3) is 6.52. The van der Waals surface area contributed by atoms with E-state index in [1.807, 2.05) is 24.1 Å². The molecule has 142 valence electrons. The number of hydrogen-bond acceptors (Lipinski definition) is 5. The summed E-state index contributed by atoms with van der Waals surface area (Å²) >= 11 is 0. The summed E-state index contributed by atoms with van der Waals surface area (Å²) in [6, 6.07) is 5.95. The lowest BCUT2D eigenvalue weighted by atomic mass is 9.97. The van der Waals surface area contributed by atoms with Crippen LogP contribution in [-0.2, 0) is 17.6 Å². The molecular weight excluding hydrogens is 328 g/mol. The van der Waals surface area contributed by atoms with Gasteiger partial charge in [-0.3, -0.25) is 9.59 Å². The number of benzene rings is 1. The number of nitrogens with one attached hydrogen (secondary N) is 2. The SMILES string of the molecule is CN(/C=C\N)CCCNC(=O)CCC(=O)c1ccc2c(c1)CCNCC2. The summed E-state index contributed by atoms with van der Waals surface area (Å²) in [6.07, 6.45) is 6.54. The van der Waals surface area contributed by atoms with E-state index in [2.05, 4.69) is 16.7 Å². The number of ketones is 1. The molecular formula is C20H30N4O2. The van der Waals surface area contributed by atoms with Crippen LogP contribution < -0.4 is 16.4 Å². The van der Waals surface area contributed by atoms with Crippen LogP contribution in [0.25, 0.3) is 0 Å². The molecule has 0 spiro atoms. The predicted molar refractivity (Wildman–Crippen MR) is 104 cm³/mol. The summed E-state index contributed by atoms with van der Waals surface area (Å²) in [4.78, 5) is 26.3. The lowest BCUT2D eigenvalue weighted by Gasteiger charge is -2.13. The van der Waals surface area contributed by atoms with Gasteiger partial charge in [-0.05, 0) is 49.5 Å². The van der Waals surface area contributed by atoms with Crippen molar-refractivity contribution in [2.75, 3.05) is 33.2 Å². The van der Waals surface area contributed by atoms with Gasteiger partial charge in [-0.1, -0.05) is 12.1 Å². The second-order valence-electron chi connectivity index (χ2n) is 6.68. The van der Waals surface area contributed by atoms with Gasteiger partial charge in [0.15, 0.2) is 5.78 Å². The number of carbonyl (C=O) groups excluding carboxylic acids is 2. The van der Waals surface area contributed by atoms with Gasteiger partial charge in [-0.15, -0.1) is 0 Å². The van der Waals surface area contributed by atoms with Crippen LogP contribution in [0.4, 0.5) is 0 Å². The first kappa shape index (κ1) is 20.0. The van der Waals surface area contributed by atoms with Gasteiger partial charge < -0.3 is 21.3 Å². The molecule has 0 radical (unpaired) electrons. The van der Waals surface area contributed by atoms with E-state index in [4.69, 9.17) is 5.73 Å². The number of hydrogen-bond donors (Lipinski definition) is 3. The third-order valence-corrected chi connectivity index (χ3v) is 4.60. The second kappa shape index (κ2) is 10.6. The van der Waals surface area contributed by atoms with Crippen LogP contribution in [0.1, 0.15) is 40.7 Å². The van der Waals surface area contributed by atoms with Crippen molar-refractivity contribution in [3.8, 4) is 0 Å². The van der Waals surface area contributed by atoms with E-state index in [9.17, 15) is 9.59 Å². The molecule has 6 heteroatoms. The summed E-state index contributed by atoms with van der Waals surface area (Å²) in [5.41, 5.74) is 8.60. The zero-order chi connectivity index (χ0) is 18.8. The van der Waals surface area contributed by atoms with E-state index >= 15 is 0 Å². The molecule has 2 rings (SSSR count). The maximum Gasteiger partial charge on any atom is 0.220 e. The fourth-order valence-electron chi connectivity index (χ4n) is 3.08. The predicted octanol–water partition coefficient (Wildman–Crippen LogP) is 1.21. The summed E-state index contributed by atoms with van der Waals surface area (Å²) < 4.78 is 0. The van der Waals surface area contributed by atoms with Crippen molar-refractivity contribution in [3.05, 3.63) is 47.3 Å². The minimum atomic E-state index is -0.0747. The van der Waals surface area contributed by atoms with E-state index in [1.165, 1.54) is 17.3 Å². The number of Topliss-reactive ketones (excluding diaryl/α,β-unsaturated/α-hetero) is 1. The first-order valence-corrected chi connectivity index (χ1v) is 9.31. The molecule has 1 heterocycles. The highest BCUT2D eigenvalue weighted by molar-refractivity contribution is 5.98. The fraction of sp³-hybridized carbons (Fsp3) is 0.500. The van der Waals surface area contributed by atoms with Crippen molar-refractivity contribution in [2.24, 2.45) is 5.73 Å². The van der Waals surface area contributed by atoms with Gasteiger partial charge in [-0.2, -0.15) is 0 Å². The highest BCUT2D eigenvalue weighted by atomic mass is 16.2. The van der Waals surface area contributed by atoms with Gasteiger partial charge in [0.25, 0.3) is 0 Å². The van der Waals surface area contributed by atoms with Crippen molar-refractivity contribution in [3.63, 3.8) is 0 Å². The molecule has 1 amide bonds. The van der Waals surface area contributed by atoms with Crippen molar-refractivity contribution in [2.45, 2.75) is 32.1 Å². The Morgan fingerprint density at radius 1 is 1.23 bits per heavy atom. The molecule has 0 bridgehead atoms. The van der Waals surface area contributed by atoms with E-state index in [0.29, 0.717) is 12.1 Å². The molecule has 0 saturated heterocycles. The molecule has 0 atom stereocenters. The Bertz CT molecular complexity index is 643. The van der Waals surface area contributed by atoms with Gasteiger partial charge in [0.1, 0.15) is 0 Å². The molecule has 1 aliphatic heterocycles. The largest absolute Gasteiger partial charge is 0.403 e. The van der Waals surface area contributed by atoms with Crippen LogP contribution in [0.5, 0.6) is 0 Å². The van der Waals surface area contributed by atoms with Crippen LogP contribution in [0.15, 0.2) is 30.6 Å². The molecule has 1 aromatic carbocycles. The van der Waals surface area contributed by atoms with Crippen LogP contribution in [0.2, 0.25) is 0 Å². The zero-order valence-electron chi connectivity index (χ0n) is 15.6. The normalized spacial score (nSPS) is 13.9. The molecule has 26 heavy (non-hydrogen) atoms. The Balaban J connectivity index is 1.72. The second-order valence-corrected chi connectivity index (χ2v) is 6.68. The van der Waals surface area contributed by atoms with Crippen molar-refractivity contribution >= 4 is 11.7 Å². The molecule has 0 fully saturated rings. The number of fused-ring (bicyclic) bond motifs is 1. The van der Waals surface area contributed by atoms with Gasteiger partial charge in [0.05, 0.1) is 0 Å². The highest BCUT2D eigenvalue weighted by Gasteiger charge is 2.13. The minimum absolute atomic E-state index is 0.0352. The maximum atomic E-state index is 12.4. The van der Waals surface area contributed by atoms with Gasteiger partial charge in [0.2, 0.25) is 5.91 Å². The number of rotatable bonds is 9. The average Bonchev–Trinajstić information content (AvgIpc) is 2.88. The molecule has 6 nitrogen and oxygen atoms in total. The number of amides is 1. The Morgan fingerprint density at radius 2 is 2.00 bits per heavy atom. The lowest BCUT2D eigenvalue weighted by Crippen LogP contribution is -2.27. The molecule has 1 aliphatic rings. The summed E-state index contributed by atoms with van der Waals surface area (Å²) in [5, 5.41) is 6.23. The minimum Gasteiger partial charge on any atom is -0.403 e. The number of carbonyl (C=O) groups is 2. The Morgan fingerprint density at radius 3 is 2.77 bits per heavy atom. The number of nitrogens with zero attached hydrogens (tertiary/aromatic N) is 1. The smallest absolute Gasteiger partial charge is 0.220 e. The average molecular weight is 358 g/mol. The van der Waals surface area contributed by atoms with E-state index in [0.717, 1.165) is 38.9 Å². The monoisotopic (exact) mass is 358 g/mol. The summed E-state index contributed by atoms with van der Waals surface area (Å²) in [5.74, 6) is -0.0395. The van der Waals surface area contributed by atoms with E-state index in [1.54, 1.807) is 6.20 Å². The van der Waals surface area contributed by atoms with E-state index < -0.39 is 0 Å². The fourth-order valence-corrected chi connectivity index (χ4v) is 3.08. The standard InChI is InChI=1S/C20H30N4O2/c1-24(14-9-21)13-2-10-23-20(26)6-5-19(25)18-4-3-16-7-11-22-12-8-17(16)15-18/h3-4,9,14-15,22H,2,5-8,10-13,21H2,1H3,(H,23,26)/b14-9-. The number of nitrogens with two attached hydrogens (primary N) is 1. The third-order valence-electron chi connectivity index (χ3n) is 4.60. The van der Waals surface area contributed by atoms with Gasteiger partial charge in [0, 0.05) is 50.9 Å². The molecule has 0 unspecified atom stereocenters. The summed E-state index contributed by atoms with van der Waals surface area (Å²) in [7, 11) is 1.93. The van der Waals surface area contributed by atoms with Crippen LogP contribution in [-0.4, -0.2) is 49.8 Å². The highest BCUT2D eigenvalue weighted by Crippen LogP contribution is 2.17. The molecule has 0 aromatic heterocycles. The van der Waals surface area contributed by atoms with E-state index in [-0.39, 0.29) is 24.5 Å². The Kier molecular flexibility index (Phi) is 8.15.